The van der Waals surface area contributed by atoms with Crippen molar-refractivity contribution in [3.8, 4) is 0 Å². The summed E-state index contributed by atoms with van der Waals surface area (Å²) in [7, 11) is -8.78. The number of hydrogen-bond acceptors (Lipinski definition) is 6. The van der Waals surface area contributed by atoms with Crippen LogP contribution in [0, 0.1) is 0 Å². The van der Waals surface area contributed by atoms with Crippen LogP contribution in [0.1, 0.15) is 128 Å². The van der Waals surface area contributed by atoms with Crippen molar-refractivity contribution < 1.29 is 25.9 Å². The van der Waals surface area contributed by atoms with Gasteiger partial charge in [0.05, 0.1) is 9.79 Å². The van der Waals surface area contributed by atoms with E-state index >= 15 is 0 Å². The molecule has 0 aliphatic rings. The van der Waals surface area contributed by atoms with Crippen LogP contribution in [0.2, 0.25) is 0 Å². The molecule has 4 rings (SSSR count). The van der Waals surface area contributed by atoms with Crippen LogP contribution in [-0.4, -0.2) is 63.7 Å². The molecule has 0 heterocycles. The van der Waals surface area contributed by atoms with Gasteiger partial charge in [0.1, 0.15) is 20.2 Å². The molecule has 0 atom stereocenters. The maximum absolute atomic E-state index is 11.1. The summed E-state index contributed by atoms with van der Waals surface area (Å²) in [5, 5.41) is 3.57. The van der Waals surface area contributed by atoms with Gasteiger partial charge in [-0.1, -0.05) is 152 Å². The zero-order valence-corrected chi connectivity index (χ0v) is 33.5. The van der Waals surface area contributed by atoms with E-state index in [0.29, 0.717) is 0 Å². The van der Waals surface area contributed by atoms with Gasteiger partial charge in [0, 0.05) is 0 Å². The van der Waals surface area contributed by atoms with Crippen molar-refractivity contribution in [3.05, 3.63) is 83.9 Å². The summed E-state index contributed by atoms with van der Waals surface area (Å²) >= 11 is 0. The van der Waals surface area contributed by atoms with Crippen LogP contribution >= 0.6 is 0 Å². The average molecular weight is 735 g/mol. The predicted molar refractivity (Wildman–Crippen MR) is 202 cm³/mol. The number of fused-ring (bicyclic) bond motifs is 2. The molecule has 4 aromatic rings. The molecule has 0 N–H and O–H groups in total. The monoisotopic (exact) mass is 734 g/mol. The Balaban J connectivity index is 0.000000333. The first-order valence-electron chi connectivity index (χ1n) is 18.0. The van der Waals surface area contributed by atoms with Crippen LogP contribution in [0.25, 0.3) is 21.5 Å². The smallest absolute Gasteiger partial charge is 0.744 e. The van der Waals surface area contributed by atoms with E-state index < -0.39 is 20.2 Å². The minimum Gasteiger partial charge on any atom is -0.744 e. The minimum absolute atomic E-state index is 0. The molecule has 0 fully saturated rings. The van der Waals surface area contributed by atoms with Crippen molar-refractivity contribution in [2.45, 2.75) is 139 Å². The fraction of sp³-hybridized carbons (Fsp3) is 0.500. The van der Waals surface area contributed by atoms with Gasteiger partial charge >= 0.3 is 37.7 Å². The van der Waals surface area contributed by atoms with E-state index in [4.69, 9.17) is 0 Å². The molecule has 6 nitrogen and oxygen atoms in total. The third-order valence-corrected chi connectivity index (χ3v) is 10.6. The van der Waals surface area contributed by atoms with Crippen molar-refractivity contribution in [2.24, 2.45) is 0 Å². The van der Waals surface area contributed by atoms with E-state index in [1.54, 1.807) is 12.1 Å². The molecule has 264 valence electrons. The van der Waals surface area contributed by atoms with E-state index in [1.807, 2.05) is 24.3 Å². The third-order valence-electron chi connectivity index (χ3n) is 8.97. The van der Waals surface area contributed by atoms with Crippen LogP contribution < -0.4 is 0 Å². The Bertz CT molecular complexity index is 1640. The normalized spacial score (nSPS) is 11.7. The van der Waals surface area contributed by atoms with Crippen molar-refractivity contribution in [1.29, 1.82) is 0 Å². The standard InChI is InChI=1S/2C20H28O3S.Ca/c2*1-2-3-4-5-6-7-8-9-10-17-11-12-18-13-14-20(24(21,22)23)16-19(18)15-17;/h2*11-16H,2-10H2,1H3,(H,21,22,23);/q;;+2/p-2. The number of benzene rings is 4. The van der Waals surface area contributed by atoms with Gasteiger partial charge in [-0.25, -0.2) is 16.8 Å². The molecular formula is C40H54CaO6S2. The molecule has 0 saturated heterocycles. The quantitative estimate of drug-likeness (QED) is 0.0507. The summed E-state index contributed by atoms with van der Waals surface area (Å²) in [5.74, 6) is 0. The summed E-state index contributed by atoms with van der Waals surface area (Å²) in [6.07, 6.45) is 22.7. The maximum Gasteiger partial charge on any atom is 2.00 e. The molecule has 9 heteroatoms. The summed E-state index contributed by atoms with van der Waals surface area (Å²) < 4.78 is 66.9. The molecule has 0 saturated carbocycles. The predicted octanol–water partition coefficient (Wildman–Crippen LogP) is 10.5. The maximum atomic E-state index is 11.1. The molecule has 0 spiro atoms. The Kier molecular flexibility index (Phi) is 20.6. The first-order valence-corrected chi connectivity index (χ1v) is 20.8. The summed E-state index contributed by atoms with van der Waals surface area (Å²) in [5.41, 5.74) is 2.41. The van der Waals surface area contributed by atoms with Gasteiger partial charge in [0.25, 0.3) is 0 Å². The summed E-state index contributed by atoms with van der Waals surface area (Å²) in [4.78, 5) is -0.307. The topological polar surface area (TPSA) is 114 Å². The average Bonchev–Trinajstić information content (AvgIpc) is 3.06. The first kappa shape index (κ1) is 43.6. The fourth-order valence-corrected chi connectivity index (χ4v) is 7.11. The van der Waals surface area contributed by atoms with Crippen LogP contribution in [0.15, 0.2) is 82.6 Å². The molecule has 0 aliphatic carbocycles. The Morgan fingerprint density at radius 2 is 0.714 bits per heavy atom. The minimum atomic E-state index is -4.39. The Morgan fingerprint density at radius 3 is 1.04 bits per heavy atom. The Morgan fingerprint density at radius 1 is 0.408 bits per heavy atom. The van der Waals surface area contributed by atoms with Gasteiger partial charge in [0.15, 0.2) is 0 Å². The fourth-order valence-electron chi connectivity index (χ4n) is 6.10. The second kappa shape index (κ2) is 23.1. The van der Waals surface area contributed by atoms with Crippen LogP contribution in [0.5, 0.6) is 0 Å². The van der Waals surface area contributed by atoms with Gasteiger partial charge in [0.2, 0.25) is 0 Å². The van der Waals surface area contributed by atoms with E-state index in [-0.39, 0.29) is 47.5 Å². The zero-order chi connectivity index (χ0) is 34.8. The van der Waals surface area contributed by atoms with Crippen molar-refractivity contribution in [1.82, 2.24) is 0 Å². The van der Waals surface area contributed by atoms with Gasteiger partial charge < -0.3 is 9.11 Å². The molecule has 0 bridgehead atoms. The largest absolute Gasteiger partial charge is 2.00 e. The molecule has 0 aliphatic heterocycles. The van der Waals surface area contributed by atoms with E-state index in [9.17, 15) is 25.9 Å². The SMILES string of the molecule is CCCCCCCCCCc1ccc2ccc(S(=O)(=O)[O-])cc2c1.CCCCCCCCCCc1ccc2ccc(S(=O)(=O)[O-])cc2c1.[Ca+2]. The molecule has 4 aromatic carbocycles. The van der Waals surface area contributed by atoms with Gasteiger partial charge in [-0.3, -0.25) is 0 Å². The number of unbranched alkanes of at least 4 members (excludes halogenated alkanes) is 14. The van der Waals surface area contributed by atoms with Crippen LogP contribution in [0.3, 0.4) is 0 Å². The van der Waals surface area contributed by atoms with Crippen molar-refractivity contribution in [3.63, 3.8) is 0 Å². The molecular weight excluding hydrogens is 681 g/mol. The van der Waals surface area contributed by atoms with Crippen molar-refractivity contribution in [2.75, 3.05) is 0 Å². The number of hydrogen-bond donors (Lipinski definition) is 0. The molecule has 0 unspecified atom stereocenters. The van der Waals surface area contributed by atoms with E-state index in [1.165, 1.54) is 125 Å². The number of aryl methyl sites for hydroxylation is 2. The number of rotatable bonds is 20. The molecule has 0 radical (unpaired) electrons. The first-order chi connectivity index (χ1) is 23.0. The molecule has 49 heavy (non-hydrogen) atoms. The zero-order valence-electron chi connectivity index (χ0n) is 29.6. The van der Waals surface area contributed by atoms with E-state index in [2.05, 4.69) is 26.0 Å². The Labute approximate surface area is 326 Å². The van der Waals surface area contributed by atoms with Crippen LogP contribution in [0.4, 0.5) is 0 Å². The van der Waals surface area contributed by atoms with Crippen LogP contribution in [-0.2, 0) is 33.1 Å². The summed E-state index contributed by atoms with van der Waals surface area (Å²) in [6.45, 7) is 4.47. The summed E-state index contributed by atoms with van der Waals surface area (Å²) in [6, 6.07) is 21.3. The second-order valence-electron chi connectivity index (χ2n) is 13.0. The van der Waals surface area contributed by atoms with E-state index in [0.717, 1.165) is 47.2 Å². The Hall–Kier alpha value is -1.52. The van der Waals surface area contributed by atoms with Gasteiger partial charge in [-0.05, 0) is 82.6 Å². The second-order valence-corrected chi connectivity index (χ2v) is 15.8. The third kappa shape index (κ3) is 16.6. The van der Waals surface area contributed by atoms with Crippen molar-refractivity contribution >= 4 is 79.5 Å². The van der Waals surface area contributed by atoms with Gasteiger partial charge in [-0.2, -0.15) is 0 Å². The molecule has 0 amide bonds. The molecule has 0 aromatic heterocycles. The van der Waals surface area contributed by atoms with Gasteiger partial charge in [-0.15, -0.1) is 0 Å².